The molecule has 4 N–H and O–H groups in total. The van der Waals surface area contributed by atoms with Gasteiger partial charge >= 0.3 is 5.97 Å². The van der Waals surface area contributed by atoms with Gasteiger partial charge in [0.2, 0.25) is 5.91 Å². The smallest absolute Gasteiger partial charge is 0.327 e. The summed E-state index contributed by atoms with van der Waals surface area (Å²) in [7, 11) is 0. The molecule has 1 aliphatic rings. The highest BCUT2D eigenvalue weighted by atomic mass is 16.4. The molecule has 0 radical (unpaired) electrons. The van der Waals surface area contributed by atoms with E-state index >= 15 is 0 Å². The third-order valence-electron chi connectivity index (χ3n) is 3.15. The van der Waals surface area contributed by atoms with E-state index in [0.29, 0.717) is 0 Å². The first-order chi connectivity index (χ1) is 8.04. The Balaban J connectivity index is 2.40. The van der Waals surface area contributed by atoms with Crippen LogP contribution in [0.1, 0.15) is 26.2 Å². The highest BCUT2D eigenvalue weighted by molar-refractivity contribution is 5.82. The largest absolute Gasteiger partial charge is 0.480 e. The summed E-state index contributed by atoms with van der Waals surface area (Å²) in [5.74, 6) is -1.21. The van der Waals surface area contributed by atoms with E-state index in [4.69, 9.17) is 10.2 Å². The Kier molecular flexibility index (Phi) is 5.37. The normalized spacial score (nSPS) is 25.5. The fraction of sp³-hybridized carbons (Fsp3) is 0.818. The molecule has 0 aliphatic heterocycles. The average molecular weight is 244 g/mol. The maximum absolute atomic E-state index is 10.9. The van der Waals surface area contributed by atoms with Crippen LogP contribution < -0.4 is 10.6 Å². The number of rotatable bonds is 6. The lowest BCUT2D eigenvalue weighted by atomic mass is 10.0. The Labute approximate surface area is 100 Å². The van der Waals surface area contributed by atoms with Crippen LogP contribution in [0.15, 0.2) is 0 Å². The molecule has 0 heterocycles. The third-order valence-corrected chi connectivity index (χ3v) is 3.15. The first kappa shape index (κ1) is 13.9. The molecule has 1 saturated carbocycles. The molecular weight excluding hydrogens is 224 g/mol. The van der Waals surface area contributed by atoms with Crippen molar-refractivity contribution in [2.45, 2.75) is 38.3 Å². The summed E-state index contributed by atoms with van der Waals surface area (Å²) < 4.78 is 0. The fourth-order valence-electron chi connectivity index (χ4n) is 2.24. The summed E-state index contributed by atoms with van der Waals surface area (Å²) in [4.78, 5) is 21.7. The monoisotopic (exact) mass is 244 g/mol. The first-order valence-electron chi connectivity index (χ1n) is 5.88. The average Bonchev–Trinajstić information content (AvgIpc) is 2.70. The van der Waals surface area contributed by atoms with Crippen molar-refractivity contribution in [1.29, 1.82) is 0 Å². The summed E-state index contributed by atoms with van der Waals surface area (Å²) >= 11 is 0. The van der Waals surface area contributed by atoms with Gasteiger partial charge in [-0.2, -0.15) is 0 Å². The Morgan fingerprint density at radius 1 is 1.41 bits per heavy atom. The minimum atomic E-state index is -1.05. The van der Waals surface area contributed by atoms with Crippen molar-refractivity contribution in [3.05, 3.63) is 0 Å². The number of aliphatic hydroxyl groups is 1. The lowest BCUT2D eigenvalue weighted by Gasteiger charge is -2.21. The molecule has 0 spiro atoms. The number of carbonyl (C=O) groups is 2. The van der Waals surface area contributed by atoms with Crippen molar-refractivity contribution < 1.29 is 19.8 Å². The molecule has 98 valence electrons. The second-order valence-corrected chi connectivity index (χ2v) is 4.48. The van der Waals surface area contributed by atoms with Crippen LogP contribution in [0.5, 0.6) is 0 Å². The van der Waals surface area contributed by atoms with Gasteiger partial charge in [0, 0.05) is 26.1 Å². The molecule has 0 bridgehead atoms. The number of amides is 1. The number of carbonyl (C=O) groups excluding carboxylic acids is 1. The molecule has 3 unspecified atom stereocenters. The maximum atomic E-state index is 10.9. The van der Waals surface area contributed by atoms with Gasteiger partial charge in [0.1, 0.15) is 6.04 Å². The Bertz CT molecular complexity index is 283. The topological polar surface area (TPSA) is 98.7 Å². The number of aliphatic hydroxyl groups excluding tert-OH is 1. The predicted octanol–water partition coefficient (Wildman–Crippen LogP) is -0.674. The van der Waals surface area contributed by atoms with Gasteiger partial charge in [-0.05, 0) is 18.8 Å². The number of hydrogen-bond donors (Lipinski definition) is 4. The second-order valence-electron chi connectivity index (χ2n) is 4.48. The van der Waals surface area contributed by atoms with Crippen molar-refractivity contribution in [2.75, 3.05) is 13.2 Å². The third kappa shape index (κ3) is 4.32. The zero-order chi connectivity index (χ0) is 12.8. The Morgan fingerprint density at radius 3 is 2.65 bits per heavy atom. The number of carboxylic acid groups (broad SMARTS) is 1. The molecule has 17 heavy (non-hydrogen) atoms. The minimum absolute atomic E-state index is 0.121. The van der Waals surface area contributed by atoms with Crippen LogP contribution in [-0.4, -0.2) is 47.3 Å². The van der Waals surface area contributed by atoms with Gasteiger partial charge in [0.15, 0.2) is 0 Å². The quantitative estimate of drug-likeness (QED) is 0.496. The molecule has 0 aromatic heterocycles. The molecule has 1 fully saturated rings. The number of carboxylic acids is 1. The van der Waals surface area contributed by atoms with E-state index in [1.54, 1.807) is 0 Å². The summed E-state index contributed by atoms with van der Waals surface area (Å²) in [5.41, 5.74) is 0. The van der Waals surface area contributed by atoms with E-state index in [9.17, 15) is 9.59 Å². The molecule has 1 rings (SSSR count). The Morgan fingerprint density at radius 2 is 2.12 bits per heavy atom. The van der Waals surface area contributed by atoms with Gasteiger partial charge in [-0.25, -0.2) is 4.79 Å². The highest BCUT2D eigenvalue weighted by Gasteiger charge is 2.28. The van der Waals surface area contributed by atoms with Crippen LogP contribution in [0.2, 0.25) is 0 Å². The maximum Gasteiger partial charge on any atom is 0.327 e. The van der Waals surface area contributed by atoms with Crippen LogP contribution in [0, 0.1) is 5.92 Å². The molecule has 1 aliphatic carbocycles. The van der Waals surface area contributed by atoms with Gasteiger partial charge in [-0.3, -0.25) is 4.79 Å². The SMILES string of the molecule is CC(=O)NC(CNC1CCCC1CO)C(=O)O. The zero-order valence-electron chi connectivity index (χ0n) is 9.98. The summed E-state index contributed by atoms with van der Waals surface area (Å²) in [5, 5.41) is 23.5. The van der Waals surface area contributed by atoms with Crippen molar-refractivity contribution in [1.82, 2.24) is 10.6 Å². The summed E-state index contributed by atoms with van der Waals surface area (Å²) in [6.07, 6.45) is 2.95. The molecule has 6 heteroatoms. The fourth-order valence-corrected chi connectivity index (χ4v) is 2.24. The second kappa shape index (κ2) is 6.56. The van der Waals surface area contributed by atoms with E-state index in [0.717, 1.165) is 19.3 Å². The predicted molar refractivity (Wildman–Crippen MR) is 61.5 cm³/mol. The van der Waals surface area contributed by atoms with E-state index in [1.165, 1.54) is 6.92 Å². The minimum Gasteiger partial charge on any atom is -0.480 e. The number of nitrogens with one attached hydrogen (secondary N) is 2. The number of hydrogen-bond acceptors (Lipinski definition) is 4. The van der Waals surface area contributed by atoms with Crippen LogP contribution >= 0.6 is 0 Å². The molecule has 6 nitrogen and oxygen atoms in total. The van der Waals surface area contributed by atoms with Gasteiger partial charge < -0.3 is 20.8 Å². The van der Waals surface area contributed by atoms with E-state index < -0.39 is 12.0 Å². The first-order valence-corrected chi connectivity index (χ1v) is 5.88. The molecular formula is C11H20N2O4. The van der Waals surface area contributed by atoms with Crippen LogP contribution in [0.3, 0.4) is 0 Å². The van der Waals surface area contributed by atoms with Gasteiger partial charge in [-0.1, -0.05) is 6.42 Å². The van der Waals surface area contributed by atoms with Crippen LogP contribution in [0.25, 0.3) is 0 Å². The molecule has 0 saturated heterocycles. The Hall–Kier alpha value is -1.14. The zero-order valence-corrected chi connectivity index (χ0v) is 9.98. The van der Waals surface area contributed by atoms with Gasteiger partial charge in [0.05, 0.1) is 0 Å². The van der Waals surface area contributed by atoms with Crippen LogP contribution in [-0.2, 0) is 9.59 Å². The molecule has 0 aromatic rings. The number of aliphatic carboxylic acids is 1. The highest BCUT2D eigenvalue weighted by Crippen LogP contribution is 2.24. The van der Waals surface area contributed by atoms with Crippen LogP contribution in [0.4, 0.5) is 0 Å². The van der Waals surface area contributed by atoms with Crippen molar-refractivity contribution in [2.24, 2.45) is 5.92 Å². The van der Waals surface area contributed by atoms with E-state index in [-0.39, 0.29) is 31.0 Å². The van der Waals surface area contributed by atoms with Crippen molar-refractivity contribution in [3.8, 4) is 0 Å². The van der Waals surface area contributed by atoms with Gasteiger partial charge in [-0.15, -0.1) is 0 Å². The summed E-state index contributed by atoms with van der Waals surface area (Å²) in [6.45, 7) is 1.60. The van der Waals surface area contributed by atoms with Crippen molar-refractivity contribution >= 4 is 11.9 Å². The van der Waals surface area contributed by atoms with Gasteiger partial charge in [0.25, 0.3) is 0 Å². The van der Waals surface area contributed by atoms with E-state index in [2.05, 4.69) is 10.6 Å². The molecule has 1 amide bonds. The lowest BCUT2D eigenvalue weighted by molar-refractivity contribution is -0.141. The molecule has 3 atom stereocenters. The summed E-state index contributed by atoms with van der Waals surface area (Å²) in [6, 6.07) is -0.761. The van der Waals surface area contributed by atoms with E-state index in [1.807, 2.05) is 0 Å². The van der Waals surface area contributed by atoms with Crippen molar-refractivity contribution in [3.63, 3.8) is 0 Å². The standard InChI is InChI=1S/C11H20N2O4/c1-7(15)13-10(11(16)17)5-12-9-4-2-3-8(9)6-14/h8-10,12,14H,2-6H2,1H3,(H,13,15)(H,16,17). The molecule has 0 aromatic carbocycles. The lowest BCUT2D eigenvalue weighted by Crippen LogP contribution is -2.49.